The first-order valence-electron chi connectivity index (χ1n) is 9.21. The smallest absolute Gasteiger partial charge is 0.338 e. The Kier molecular flexibility index (Phi) is 5.53. The van der Waals surface area contributed by atoms with Gasteiger partial charge in [-0.1, -0.05) is 6.07 Å². The van der Waals surface area contributed by atoms with Crippen molar-refractivity contribution in [2.45, 2.75) is 32.6 Å². The van der Waals surface area contributed by atoms with Crippen LogP contribution in [0.3, 0.4) is 0 Å². The third-order valence-corrected chi connectivity index (χ3v) is 5.78. The quantitative estimate of drug-likeness (QED) is 0.578. The van der Waals surface area contributed by atoms with E-state index in [0.29, 0.717) is 0 Å². The van der Waals surface area contributed by atoms with Gasteiger partial charge in [-0.2, -0.15) is 0 Å². The Labute approximate surface area is 178 Å². The summed E-state index contributed by atoms with van der Waals surface area (Å²) >= 11 is 0. The fraction of sp³-hybridized carbons (Fsp3) is 0.238. The average Bonchev–Trinajstić information content (AvgIpc) is 2.92. The molecule has 164 valence electrons. The number of hydrogen-bond donors (Lipinski definition) is 2. The maximum Gasteiger partial charge on any atom is 0.338 e. The molecule has 0 amide bonds. The van der Waals surface area contributed by atoms with Crippen molar-refractivity contribution in [1.82, 2.24) is 4.73 Å². The predicted molar refractivity (Wildman–Crippen MR) is 112 cm³/mol. The van der Waals surface area contributed by atoms with E-state index in [1.165, 1.54) is 37.3 Å². The van der Waals surface area contributed by atoms with Crippen molar-refractivity contribution in [3.8, 4) is 5.88 Å². The Balaban J connectivity index is 2.11. The molecule has 8 nitrogen and oxygen atoms in total. The van der Waals surface area contributed by atoms with E-state index in [1.807, 2.05) is 0 Å². The molecule has 0 unspecified atom stereocenters. The van der Waals surface area contributed by atoms with Crippen LogP contribution in [0, 0.1) is 11.2 Å². The Bertz CT molecular complexity index is 1310. The molecular formula is C21H21FN2O6S. The lowest BCUT2D eigenvalue weighted by Crippen LogP contribution is -2.31. The number of nitrogens with one attached hydrogen (secondary N) is 1. The number of halogens is 1. The molecular weight excluding hydrogens is 427 g/mol. The molecule has 2 aromatic carbocycles. The van der Waals surface area contributed by atoms with Gasteiger partial charge in [0.1, 0.15) is 5.82 Å². The van der Waals surface area contributed by atoms with Gasteiger partial charge in [0.15, 0.2) is 5.78 Å². The van der Waals surface area contributed by atoms with Crippen LogP contribution in [-0.2, 0) is 14.8 Å². The molecule has 3 rings (SSSR count). The highest BCUT2D eigenvalue weighted by atomic mass is 32.2. The molecule has 1 aromatic heterocycles. The van der Waals surface area contributed by atoms with Gasteiger partial charge in [0, 0.05) is 5.39 Å². The first kappa shape index (κ1) is 22.3. The number of sulfonamides is 1. The minimum absolute atomic E-state index is 0.0532. The molecule has 3 aromatic rings. The molecule has 2 N–H and O–H groups in total. The maximum absolute atomic E-state index is 13.4. The molecule has 0 saturated heterocycles. The lowest BCUT2D eigenvalue weighted by Gasteiger charge is -2.17. The highest BCUT2D eigenvalue weighted by Gasteiger charge is 2.28. The van der Waals surface area contributed by atoms with Gasteiger partial charge in [-0.05, 0) is 64.1 Å². The summed E-state index contributed by atoms with van der Waals surface area (Å²) in [5.41, 5.74) is -0.830. The second-order valence-corrected chi connectivity index (χ2v) is 9.66. The molecule has 0 atom stereocenters. The topological polar surface area (TPSA) is 115 Å². The number of nitrogens with zero attached hydrogens (tertiary/aromatic N) is 1. The number of fused-ring (bicyclic) bond motifs is 1. The zero-order valence-corrected chi connectivity index (χ0v) is 18.1. The van der Waals surface area contributed by atoms with Crippen molar-refractivity contribution in [3.63, 3.8) is 0 Å². The monoisotopic (exact) mass is 448 g/mol. The first-order valence-corrected chi connectivity index (χ1v) is 10.7. The summed E-state index contributed by atoms with van der Waals surface area (Å²) < 4.78 is 41.7. The van der Waals surface area contributed by atoms with Crippen molar-refractivity contribution < 1.29 is 32.3 Å². The Morgan fingerprint density at radius 1 is 1.13 bits per heavy atom. The molecule has 0 saturated carbocycles. The number of aromatic nitrogens is 1. The average molecular weight is 448 g/mol. The summed E-state index contributed by atoms with van der Waals surface area (Å²) in [6, 6.07) is 8.58. The third kappa shape index (κ3) is 4.38. The molecule has 0 bridgehead atoms. The third-order valence-electron chi connectivity index (χ3n) is 4.40. The SMILES string of the molecule is CC(=O)c1c(O)n(OC(=O)C(C)(C)C)c2cc(NS(=O)(=O)c3cccc(F)c3)ccc12. The molecule has 0 aliphatic carbocycles. The van der Waals surface area contributed by atoms with Gasteiger partial charge in [0.05, 0.1) is 27.1 Å². The number of anilines is 1. The van der Waals surface area contributed by atoms with Crippen LogP contribution in [0.5, 0.6) is 5.88 Å². The van der Waals surface area contributed by atoms with Crippen LogP contribution < -0.4 is 9.56 Å². The maximum atomic E-state index is 13.4. The highest BCUT2D eigenvalue weighted by molar-refractivity contribution is 7.92. The Hall–Kier alpha value is -3.40. The van der Waals surface area contributed by atoms with E-state index in [-0.39, 0.29) is 27.0 Å². The lowest BCUT2D eigenvalue weighted by atomic mass is 9.98. The highest BCUT2D eigenvalue weighted by Crippen LogP contribution is 2.33. The van der Waals surface area contributed by atoms with E-state index >= 15 is 0 Å². The van der Waals surface area contributed by atoms with Gasteiger partial charge in [0.2, 0.25) is 5.88 Å². The molecule has 31 heavy (non-hydrogen) atoms. The largest absolute Gasteiger partial charge is 0.492 e. The van der Waals surface area contributed by atoms with Crippen molar-refractivity contribution in [2.75, 3.05) is 4.72 Å². The Morgan fingerprint density at radius 3 is 2.39 bits per heavy atom. The Morgan fingerprint density at radius 2 is 1.81 bits per heavy atom. The zero-order valence-electron chi connectivity index (χ0n) is 17.3. The van der Waals surface area contributed by atoms with E-state index in [1.54, 1.807) is 20.8 Å². The fourth-order valence-electron chi connectivity index (χ4n) is 2.82. The number of benzene rings is 2. The minimum atomic E-state index is -4.12. The minimum Gasteiger partial charge on any atom is -0.492 e. The zero-order chi connectivity index (χ0) is 23.1. The van der Waals surface area contributed by atoms with Gasteiger partial charge in [-0.3, -0.25) is 9.52 Å². The predicted octanol–water partition coefficient (Wildman–Crippen LogP) is 3.49. The van der Waals surface area contributed by atoms with Crippen molar-refractivity contribution in [3.05, 3.63) is 53.8 Å². The van der Waals surface area contributed by atoms with Crippen LogP contribution in [0.25, 0.3) is 10.9 Å². The van der Waals surface area contributed by atoms with E-state index in [2.05, 4.69) is 4.72 Å². The van der Waals surface area contributed by atoms with Gasteiger partial charge in [-0.15, -0.1) is 4.73 Å². The van der Waals surface area contributed by atoms with Crippen LogP contribution >= 0.6 is 0 Å². The number of carbonyl (C=O) groups is 2. The molecule has 0 radical (unpaired) electrons. The normalized spacial score (nSPS) is 12.0. The summed E-state index contributed by atoms with van der Waals surface area (Å²) in [7, 11) is -4.12. The van der Waals surface area contributed by atoms with E-state index < -0.39 is 38.9 Å². The molecule has 0 aliphatic heterocycles. The fourth-order valence-corrected chi connectivity index (χ4v) is 3.90. The summed E-state index contributed by atoms with van der Waals surface area (Å²) in [6.07, 6.45) is 0. The summed E-state index contributed by atoms with van der Waals surface area (Å²) in [5.74, 6) is -2.44. The van der Waals surface area contributed by atoms with Gasteiger partial charge >= 0.3 is 5.97 Å². The van der Waals surface area contributed by atoms with Crippen LogP contribution in [0.2, 0.25) is 0 Å². The molecule has 10 heteroatoms. The number of rotatable bonds is 5. The van der Waals surface area contributed by atoms with E-state index in [0.717, 1.165) is 16.9 Å². The van der Waals surface area contributed by atoms with E-state index in [9.17, 15) is 27.5 Å². The van der Waals surface area contributed by atoms with Crippen LogP contribution in [0.1, 0.15) is 38.1 Å². The summed E-state index contributed by atoms with van der Waals surface area (Å²) in [5, 5.41) is 10.8. The van der Waals surface area contributed by atoms with Crippen molar-refractivity contribution in [1.29, 1.82) is 0 Å². The lowest BCUT2D eigenvalue weighted by molar-refractivity contribution is -0.153. The first-order chi connectivity index (χ1) is 14.3. The molecule has 0 aliphatic rings. The number of carbonyl (C=O) groups excluding carboxylic acids is 2. The number of ketones is 1. The van der Waals surface area contributed by atoms with Crippen LogP contribution in [-0.4, -0.2) is 30.0 Å². The van der Waals surface area contributed by atoms with Crippen LogP contribution in [0.4, 0.5) is 10.1 Å². The van der Waals surface area contributed by atoms with Crippen molar-refractivity contribution >= 4 is 38.4 Å². The van der Waals surface area contributed by atoms with Gasteiger partial charge < -0.3 is 9.94 Å². The number of hydrogen-bond acceptors (Lipinski definition) is 6. The van der Waals surface area contributed by atoms with E-state index in [4.69, 9.17) is 4.84 Å². The number of aromatic hydroxyl groups is 1. The second kappa shape index (κ2) is 7.69. The molecule has 0 spiro atoms. The van der Waals surface area contributed by atoms with Gasteiger partial charge in [0.25, 0.3) is 10.0 Å². The molecule has 1 heterocycles. The summed E-state index contributed by atoms with van der Waals surface area (Å²) in [4.78, 5) is 29.4. The number of Topliss-reactive ketones (excluding diaryl/α,β-unsaturated/α-hetero) is 1. The van der Waals surface area contributed by atoms with Crippen LogP contribution in [0.15, 0.2) is 47.4 Å². The standard InChI is InChI=1S/C21H21FN2O6S/c1-12(25)18-16-9-8-14(23-31(28,29)15-7-5-6-13(22)10-15)11-17(16)24(19(18)26)30-20(27)21(2,3)4/h5-11,23,26H,1-4H3. The second-order valence-electron chi connectivity index (χ2n) is 7.97. The summed E-state index contributed by atoms with van der Waals surface area (Å²) in [6.45, 7) is 6.08. The molecule has 0 fully saturated rings. The van der Waals surface area contributed by atoms with Gasteiger partial charge in [-0.25, -0.2) is 17.6 Å². The van der Waals surface area contributed by atoms with Crippen molar-refractivity contribution in [2.24, 2.45) is 5.41 Å².